The molecule has 7 heteroatoms. The quantitative estimate of drug-likeness (QED) is 0.505. The van der Waals surface area contributed by atoms with Crippen LogP contribution in [0.15, 0.2) is 56.1 Å². The van der Waals surface area contributed by atoms with Crippen LogP contribution in [0.2, 0.25) is 5.02 Å². The summed E-state index contributed by atoms with van der Waals surface area (Å²) in [6.45, 7) is 0. The molecule has 1 aromatic heterocycles. The normalized spacial score (nSPS) is 10.7. The minimum atomic E-state index is -0.784. The summed E-state index contributed by atoms with van der Waals surface area (Å²) in [6.07, 6.45) is 0. The fraction of sp³-hybridized carbons (Fsp3) is 0. The first kappa shape index (κ1) is 15.6. The van der Waals surface area contributed by atoms with Crippen LogP contribution in [0.5, 0.6) is 5.75 Å². The number of aromatic hydroxyl groups is 1. The summed E-state index contributed by atoms with van der Waals surface area (Å²) in [5.41, 5.74) is -0.467. The number of nitrogens with one attached hydrogen (secondary N) is 1. The van der Waals surface area contributed by atoms with Gasteiger partial charge in [0.1, 0.15) is 11.3 Å². The zero-order chi connectivity index (χ0) is 16.6. The van der Waals surface area contributed by atoms with Crippen molar-refractivity contribution in [2.45, 2.75) is 0 Å². The monoisotopic (exact) mass is 393 g/mol. The Morgan fingerprint density at radius 1 is 1.22 bits per heavy atom. The molecule has 1 amide bonds. The number of hydrogen-bond acceptors (Lipinski definition) is 4. The van der Waals surface area contributed by atoms with Gasteiger partial charge in [-0.3, -0.25) is 4.79 Å². The standard InChI is InChI=1S/C16H9BrClNO4/c17-11-7-9(18)5-8-6-10(16(22)23-14(8)11)15(21)19-12-3-1-2-4-13(12)20/h1-7,20H,(H,19,21). The van der Waals surface area contributed by atoms with Crippen molar-refractivity contribution in [2.75, 3.05) is 5.32 Å². The van der Waals surface area contributed by atoms with Gasteiger partial charge in [-0.05, 0) is 46.3 Å². The second-order valence-corrected chi connectivity index (χ2v) is 6.02. The van der Waals surface area contributed by atoms with Crippen LogP contribution in [0.3, 0.4) is 0 Å². The Labute approximate surface area is 143 Å². The molecule has 3 aromatic rings. The highest BCUT2D eigenvalue weighted by atomic mass is 79.9. The van der Waals surface area contributed by atoms with E-state index in [4.69, 9.17) is 16.0 Å². The Kier molecular flexibility index (Phi) is 4.11. The average Bonchev–Trinajstić information content (AvgIpc) is 2.49. The Morgan fingerprint density at radius 3 is 2.70 bits per heavy atom. The summed E-state index contributed by atoms with van der Waals surface area (Å²) < 4.78 is 5.70. The van der Waals surface area contributed by atoms with Crippen molar-refractivity contribution in [3.05, 3.63) is 67.9 Å². The summed E-state index contributed by atoms with van der Waals surface area (Å²) in [5, 5.41) is 13.1. The summed E-state index contributed by atoms with van der Waals surface area (Å²) in [4.78, 5) is 24.3. The van der Waals surface area contributed by atoms with Gasteiger partial charge in [0.15, 0.2) is 5.58 Å². The number of hydrogen-bond donors (Lipinski definition) is 2. The van der Waals surface area contributed by atoms with Crippen LogP contribution in [0, 0.1) is 0 Å². The number of halogens is 2. The molecule has 1 heterocycles. The first-order valence-electron chi connectivity index (χ1n) is 6.48. The van der Waals surface area contributed by atoms with E-state index in [-0.39, 0.29) is 17.0 Å². The molecule has 0 aliphatic carbocycles. The highest BCUT2D eigenvalue weighted by molar-refractivity contribution is 9.10. The SMILES string of the molecule is O=C(Nc1ccccc1O)c1cc2cc(Cl)cc(Br)c2oc1=O. The molecule has 0 saturated carbocycles. The zero-order valence-electron chi connectivity index (χ0n) is 11.5. The van der Waals surface area contributed by atoms with E-state index in [2.05, 4.69) is 21.2 Å². The number of carbonyl (C=O) groups is 1. The molecule has 2 aromatic carbocycles. The number of anilines is 1. The van der Waals surface area contributed by atoms with Crippen LogP contribution in [0.4, 0.5) is 5.69 Å². The smallest absolute Gasteiger partial charge is 0.349 e. The van der Waals surface area contributed by atoms with E-state index in [9.17, 15) is 14.7 Å². The molecule has 116 valence electrons. The molecule has 0 atom stereocenters. The van der Waals surface area contributed by atoms with E-state index >= 15 is 0 Å². The van der Waals surface area contributed by atoms with E-state index < -0.39 is 11.5 Å². The molecule has 3 rings (SSSR count). The lowest BCUT2D eigenvalue weighted by molar-refractivity contribution is 0.102. The summed E-state index contributed by atoms with van der Waals surface area (Å²) in [5.74, 6) is -0.782. The number of amides is 1. The predicted octanol–water partition coefficient (Wildman–Crippen LogP) is 4.17. The van der Waals surface area contributed by atoms with Gasteiger partial charge in [-0.25, -0.2) is 4.79 Å². The first-order chi connectivity index (χ1) is 11.0. The largest absolute Gasteiger partial charge is 0.506 e. The van der Waals surface area contributed by atoms with Crippen molar-refractivity contribution in [3.63, 3.8) is 0 Å². The number of rotatable bonds is 2. The third-order valence-corrected chi connectivity index (χ3v) is 3.96. The number of phenols is 1. The molecule has 0 bridgehead atoms. The van der Waals surface area contributed by atoms with Crippen molar-refractivity contribution in [1.29, 1.82) is 0 Å². The van der Waals surface area contributed by atoms with Gasteiger partial charge < -0.3 is 14.8 Å². The Morgan fingerprint density at radius 2 is 1.96 bits per heavy atom. The van der Waals surface area contributed by atoms with Gasteiger partial charge >= 0.3 is 5.63 Å². The minimum Gasteiger partial charge on any atom is -0.506 e. The molecule has 0 radical (unpaired) electrons. The molecule has 0 aliphatic heterocycles. The highest BCUT2D eigenvalue weighted by Crippen LogP contribution is 2.28. The topological polar surface area (TPSA) is 79.5 Å². The molecular formula is C16H9BrClNO4. The molecule has 0 aliphatic rings. The first-order valence-corrected chi connectivity index (χ1v) is 7.65. The van der Waals surface area contributed by atoms with Crippen molar-refractivity contribution < 1.29 is 14.3 Å². The Bertz CT molecular complexity index is 983. The van der Waals surface area contributed by atoms with Crippen LogP contribution < -0.4 is 10.9 Å². The van der Waals surface area contributed by atoms with Gasteiger partial charge in [-0.15, -0.1) is 0 Å². The van der Waals surface area contributed by atoms with Gasteiger partial charge in [0.05, 0.1) is 10.2 Å². The number of benzene rings is 2. The van der Waals surface area contributed by atoms with Crippen molar-refractivity contribution in [1.82, 2.24) is 0 Å². The van der Waals surface area contributed by atoms with Gasteiger partial charge in [0.25, 0.3) is 5.91 Å². The molecule has 0 fully saturated rings. The molecule has 2 N–H and O–H groups in total. The second-order valence-electron chi connectivity index (χ2n) is 4.72. The van der Waals surface area contributed by atoms with E-state index in [0.29, 0.717) is 20.5 Å². The Balaban J connectivity index is 2.06. The predicted molar refractivity (Wildman–Crippen MR) is 91.3 cm³/mol. The molecule has 5 nitrogen and oxygen atoms in total. The van der Waals surface area contributed by atoms with E-state index in [1.165, 1.54) is 18.2 Å². The summed E-state index contributed by atoms with van der Waals surface area (Å²) >= 11 is 9.22. The number of carbonyl (C=O) groups excluding carboxylic acids is 1. The van der Waals surface area contributed by atoms with E-state index in [0.717, 1.165) is 0 Å². The maximum atomic E-state index is 12.3. The van der Waals surface area contributed by atoms with Crippen LogP contribution >= 0.6 is 27.5 Å². The maximum Gasteiger partial charge on any atom is 0.349 e. The van der Waals surface area contributed by atoms with Crippen molar-refractivity contribution in [2.24, 2.45) is 0 Å². The average molecular weight is 395 g/mol. The molecule has 0 spiro atoms. The van der Waals surface area contributed by atoms with Gasteiger partial charge in [-0.2, -0.15) is 0 Å². The molecule has 0 unspecified atom stereocenters. The van der Waals surface area contributed by atoms with Crippen molar-refractivity contribution >= 4 is 50.1 Å². The summed E-state index contributed by atoms with van der Waals surface area (Å²) in [7, 11) is 0. The fourth-order valence-electron chi connectivity index (χ4n) is 2.08. The van der Waals surface area contributed by atoms with E-state index in [1.54, 1.807) is 24.3 Å². The number of phenolic OH excluding ortho intramolecular Hbond substituents is 1. The second kappa shape index (κ2) is 6.06. The summed E-state index contributed by atoms with van der Waals surface area (Å²) in [6, 6.07) is 10.8. The third kappa shape index (κ3) is 3.09. The van der Waals surface area contributed by atoms with Gasteiger partial charge in [0, 0.05) is 10.4 Å². The van der Waals surface area contributed by atoms with Crippen LogP contribution in [0.25, 0.3) is 11.0 Å². The molecule has 23 heavy (non-hydrogen) atoms. The lowest BCUT2D eigenvalue weighted by atomic mass is 10.1. The fourth-order valence-corrected chi connectivity index (χ4v) is 3.00. The van der Waals surface area contributed by atoms with Crippen LogP contribution in [-0.4, -0.2) is 11.0 Å². The van der Waals surface area contributed by atoms with Gasteiger partial charge in [0.2, 0.25) is 0 Å². The molecule has 0 saturated heterocycles. The molecular weight excluding hydrogens is 386 g/mol. The van der Waals surface area contributed by atoms with E-state index in [1.807, 2.05) is 0 Å². The van der Waals surface area contributed by atoms with Crippen molar-refractivity contribution in [3.8, 4) is 5.75 Å². The third-order valence-electron chi connectivity index (χ3n) is 3.15. The minimum absolute atomic E-state index is 0.100. The lowest BCUT2D eigenvalue weighted by Crippen LogP contribution is -2.20. The maximum absolute atomic E-state index is 12.3. The number of fused-ring (bicyclic) bond motifs is 1. The van der Waals surface area contributed by atoms with Crippen LogP contribution in [-0.2, 0) is 0 Å². The Hall–Kier alpha value is -2.31. The lowest BCUT2D eigenvalue weighted by Gasteiger charge is -2.07. The highest BCUT2D eigenvalue weighted by Gasteiger charge is 2.16. The number of para-hydroxylation sites is 2. The van der Waals surface area contributed by atoms with Gasteiger partial charge in [-0.1, -0.05) is 23.7 Å². The van der Waals surface area contributed by atoms with Crippen LogP contribution in [0.1, 0.15) is 10.4 Å². The zero-order valence-corrected chi connectivity index (χ0v) is 13.8.